The highest BCUT2D eigenvalue weighted by Gasteiger charge is 2.17. The van der Waals surface area contributed by atoms with Gasteiger partial charge in [0.1, 0.15) is 11.9 Å². The van der Waals surface area contributed by atoms with Crippen molar-refractivity contribution in [2.45, 2.75) is 6.42 Å². The van der Waals surface area contributed by atoms with Gasteiger partial charge in [0.05, 0.1) is 23.9 Å². The first-order valence-electron chi connectivity index (χ1n) is 11.4. The van der Waals surface area contributed by atoms with E-state index in [0.29, 0.717) is 39.6 Å². The van der Waals surface area contributed by atoms with Gasteiger partial charge in [-0.05, 0) is 73.0 Å². The number of methoxy groups -OCH3 is 1. The van der Waals surface area contributed by atoms with Gasteiger partial charge in [-0.25, -0.2) is 18.7 Å². The first-order chi connectivity index (χ1) is 17.1. The van der Waals surface area contributed by atoms with Gasteiger partial charge in [0.2, 0.25) is 5.95 Å². The Bertz CT molecular complexity index is 1440. The highest BCUT2D eigenvalue weighted by Crippen LogP contribution is 2.33. The van der Waals surface area contributed by atoms with Crippen LogP contribution in [-0.4, -0.2) is 36.7 Å². The molecule has 1 aromatic heterocycles. The number of hydrogen-bond acceptors (Lipinski definition) is 6. The van der Waals surface area contributed by atoms with Crippen LogP contribution in [0.25, 0.3) is 33.3 Å². The van der Waals surface area contributed by atoms with Crippen molar-refractivity contribution in [3.8, 4) is 34.2 Å². The van der Waals surface area contributed by atoms with Crippen LogP contribution in [0.1, 0.15) is 12.0 Å². The summed E-state index contributed by atoms with van der Waals surface area (Å²) < 4.78 is 33.9. The molecule has 6 nitrogen and oxygen atoms in total. The molecular weight excluding hydrogens is 448 g/mol. The predicted octanol–water partition coefficient (Wildman–Crippen LogP) is 5.14. The van der Waals surface area contributed by atoms with Crippen molar-refractivity contribution in [1.82, 2.24) is 15.3 Å². The van der Waals surface area contributed by atoms with Crippen LogP contribution >= 0.6 is 0 Å². The number of halogens is 2. The third-order valence-corrected chi connectivity index (χ3v) is 6.26. The van der Waals surface area contributed by atoms with E-state index in [4.69, 9.17) is 15.0 Å². The van der Waals surface area contributed by atoms with Crippen LogP contribution in [0.15, 0.2) is 54.6 Å². The van der Waals surface area contributed by atoms with Crippen molar-refractivity contribution in [3.63, 3.8) is 0 Å². The highest BCUT2D eigenvalue weighted by molar-refractivity contribution is 5.96. The third kappa shape index (κ3) is 4.63. The van der Waals surface area contributed by atoms with Crippen molar-refractivity contribution in [1.29, 1.82) is 5.26 Å². The smallest absolute Gasteiger partial charge is 0.223 e. The number of benzene rings is 3. The molecule has 1 aliphatic rings. The number of nitriles is 1. The van der Waals surface area contributed by atoms with Gasteiger partial charge in [-0.3, -0.25) is 0 Å². The Labute approximate surface area is 201 Å². The molecule has 1 fully saturated rings. The molecule has 3 aromatic carbocycles. The van der Waals surface area contributed by atoms with Gasteiger partial charge in [-0.1, -0.05) is 18.2 Å². The molecule has 0 radical (unpaired) electrons. The molecule has 35 heavy (non-hydrogen) atoms. The molecule has 8 heteroatoms. The molecule has 4 aromatic rings. The molecule has 0 spiro atoms. The molecule has 0 saturated carbocycles. The number of rotatable bonds is 6. The number of nitrogens with zero attached hydrogens (tertiary/aromatic N) is 3. The highest BCUT2D eigenvalue weighted by atomic mass is 19.1. The molecule has 1 atom stereocenters. The summed E-state index contributed by atoms with van der Waals surface area (Å²) in [5, 5.41) is 16.5. The fourth-order valence-electron chi connectivity index (χ4n) is 4.33. The first-order valence-corrected chi connectivity index (χ1v) is 11.4. The average Bonchev–Trinajstić information content (AvgIpc) is 3.40. The average molecular weight is 472 g/mol. The number of hydrogen-bond donors (Lipinski definition) is 2. The molecule has 2 N–H and O–H groups in total. The molecule has 1 aliphatic heterocycles. The second kappa shape index (κ2) is 9.65. The van der Waals surface area contributed by atoms with Crippen LogP contribution in [-0.2, 0) is 0 Å². The summed E-state index contributed by atoms with van der Waals surface area (Å²) >= 11 is 0. The summed E-state index contributed by atoms with van der Waals surface area (Å²) in [7, 11) is 1.42. The number of fused-ring (bicyclic) bond motifs is 1. The van der Waals surface area contributed by atoms with E-state index in [1.54, 1.807) is 18.2 Å². The first kappa shape index (κ1) is 22.7. The quantitative estimate of drug-likeness (QED) is 0.405. The van der Waals surface area contributed by atoms with Gasteiger partial charge in [0, 0.05) is 17.5 Å². The molecule has 1 saturated heterocycles. The number of aromatic nitrogens is 2. The Balaban J connectivity index is 1.61. The van der Waals surface area contributed by atoms with Gasteiger partial charge in [0.15, 0.2) is 11.6 Å². The molecule has 0 aliphatic carbocycles. The standard InChI is InChI=1S/C27H23F2N5O/c1-35-25-7-5-18(11-23(25)29)17-4-6-24-21(10-17)26(19-2-3-20(13-30)22(28)12-19)34-27(33-24)32-15-16-8-9-31-14-16/h2-7,10-12,16,31H,8-9,14-15H2,1H3,(H,32,33,34)/t16-/m0/s1. The molecule has 0 bridgehead atoms. The molecule has 0 unspecified atom stereocenters. The lowest BCUT2D eigenvalue weighted by atomic mass is 9.99. The molecular formula is C27H23F2N5O. The SMILES string of the molecule is COc1ccc(-c2ccc3nc(NC[C@H]4CCNC4)nc(-c4ccc(C#N)c(F)c4)c3c2)cc1F. The maximum atomic E-state index is 14.5. The van der Waals surface area contributed by atoms with Gasteiger partial charge < -0.3 is 15.4 Å². The lowest BCUT2D eigenvalue weighted by Gasteiger charge is -2.14. The van der Waals surface area contributed by atoms with E-state index in [2.05, 4.69) is 15.6 Å². The van der Waals surface area contributed by atoms with E-state index in [1.807, 2.05) is 24.3 Å². The minimum absolute atomic E-state index is 0.0337. The van der Waals surface area contributed by atoms with Gasteiger partial charge >= 0.3 is 0 Å². The summed E-state index contributed by atoms with van der Waals surface area (Å²) in [6, 6.07) is 16.6. The molecule has 5 rings (SSSR count). The zero-order valence-corrected chi connectivity index (χ0v) is 19.1. The van der Waals surface area contributed by atoms with Crippen molar-refractivity contribution >= 4 is 16.9 Å². The Hall–Kier alpha value is -4.09. The van der Waals surface area contributed by atoms with Gasteiger partial charge in [-0.15, -0.1) is 0 Å². The Morgan fingerprint density at radius 3 is 2.51 bits per heavy atom. The van der Waals surface area contributed by atoms with Crippen molar-refractivity contribution in [2.24, 2.45) is 5.92 Å². The van der Waals surface area contributed by atoms with Crippen LogP contribution in [0.5, 0.6) is 5.75 Å². The number of anilines is 1. The Morgan fingerprint density at radius 1 is 1.03 bits per heavy atom. The van der Waals surface area contributed by atoms with Crippen molar-refractivity contribution < 1.29 is 13.5 Å². The van der Waals surface area contributed by atoms with E-state index >= 15 is 0 Å². The summed E-state index contributed by atoms with van der Waals surface area (Å²) in [5.41, 5.74) is 3.12. The van der Waals surface area contributed by atoms with E-state index < -0.39 is 11.6 Å². The fourth-order valence-corrected chi connectivity index (χ4v) is 4.33. The lowest BCUT2D eigenvalue weighted by Crippen LogP contribution is -2.18. The summed E-state index contributed by atoms with van der Waals surface area (Å²) in [5.74, 6) is 0.0259. The third-order valence-electron chi connectivity index (χ3n) is 6.26. The monoisotopic (exact) mass is 471 g/mol. The predicted molar refractivity (Wildman–Crippen MR) is 131 cm³/mol. The molecule has 2 heterocycles. The van der Waals surface area contributed by atoms with E-state index in [9.17, 15) is 8.78 Å². The maximum absolute atomic E-state index is 14.5. The van der Waals surface area contributed by atoms with Crippen LogP contribution in [0, 0.1) is 28.9 Å². The van der Waals surface area contributed by atoms with Gasteiger partial charge in [-0.2, -0.15) is 5.26 Å². The van der Waals surface area contributed by atoms with Crippen LogP contribution < -0.4 is 15.4 Å². The zero-order valence-electron chi connectivity index (χ0n) is 19.1. The Morgan fingerprint density at radius 2 is 1.80 bits per heavy atom. The fraction of sp³-hybridized carbons (Fsp3) is 0.222. The van der Waals surface area contributed by atoms with E-state index in [0.717, 1.165) is 31.6 Å². The van der Waals surface area contributed by atoms with Gasteiger partial charge in [0.25, 0.3) is 0 Å². The maximum Gasteiger partial charge on any atom is 0.223 e. The van der Waals surface area contributed by atoms with Crippen LogP contribution in [0.3, 0.4) is 0 Å². The summed E-state index contributed by atoms with van der Waals surface area (Å²) in [6.07, 6.45) is 1.08. The zero-order chi connectivity index (χ0) is 24.4. The lowest BCUT2D eigenvalue weighted by molar-refractivity contribution is 0.386. The largest absolute Gasteiger partial charge is 0.494 e. The summed E-state index contributed by atoms with van der Waals surface area (Å²) in [4.78, 5) is 9.40. The van der Waals surface area contributed by atoms with Crippen LogP contribution in [0.4, 0.5) is 14.7 Å². The Kier molecular flexibility index (Phi) is 6.25. The normalized spacial score (nSPS) is 15.2. The second-order valence-corrected chi connectivity index (χ2v) is 8.52. The number of nitrogens with one attached hydrogen (secondary N) is 2. The van der Waals surface area contributed by atoms with Crippen molar-refractivity contribution in [2.75, 3.05) is 32.1 Å². The van der Waals surface area contributed by atoms with E-state index in [1.165, 1.54) is 25.3 Å². The number of ether oxygens (including phenoxy) is 1. The minimum Gasteiger partial charge on any atom is -0.494 e. The van der Waals surface area contributed by atoms with E-state index in [-0.39, 0.29) is 11.3 Å². The second-order valence-electron chi connectivity index (χ2n) is 8.52. The minimum atomic E-state index is -0.614. The molecule has 176 valence electrons. The van der Waals surface area contributed by atoms with Crippen molar-refractivity contribution in [3.05, 3.63) is 71.8 Å². The van der Waals surface area contributed by atoms with Crippen LogP contribution in [0.2, 0.25) is 0 Å². The molecule has 0 amide bonds. The topological polar surface area (TPSA) is 82.9 Å². The summed E-state index contributed by atoms with van der Waals surface area (Å²) in [6.45, 7) is 2.66.